The predicted molar refractivity (Wildman–Crippen MR) is 79.0 cm³/mol. The average Bonchev–Trinajstić information content (AvgIpc) is 2.82. The summed E-state index contributed by atoms with van der Waals surface area (Å²) < 4.78 is 2.29. The van der Waals surface area contributed by atoms with E-state index in [1.165, 1.54) is 10.8 Å². The van der Waals surface area contributed by atoms with Crippen molar-refractivity contribution in [2.24, 2.45) is 0 Å². The maximum Gasteiger partial charge on any atom is 0.343 e. The van der Waals surface area contributed by atoms with Gasteiger partial charge in [0.2, 0.25) is 5.82 Å². The number of benzene rings is 1. The Morgan fingerprint density at radius 3 is 2.80 bits per heavy atom. The van der Waals surface area contributed by atoms with Crippen LogP contribution in [0.4, 0.5) is 5.82 Å². The first-order chi connectivity index (χ1) is 9.63. The number of aliphatic hydroxyl groups is 1. The molecule has 1 N–H and O–H groups in total. The van der Waals surface area contributed by atoms with Crippen LogP contribution >= 0.6 is 15.9 Å². The second kappa shape index (κ2) is 6.44. The van der Waals surface area contributed by atoms with Crippen molar-refractivity contribution in [2.45, 2.75) is 6.54 Å². The van der Waals surface area contributed by atoms with Crippen LogP contribution in [-0.2, 0) is 6.54 Å². The fourth-order valence-corrected chi connectivity index (χ4v) is 2.18. The molecular formula is C13H12BrN3O3. The van der Waals surface area contributed by atoms with E-state index in [9.17, 15) is 10.1 Å². The van der Waals surface area contributed by atoms with Crippen molar-refractivity contribution < 1.29 is 10.0 Å². The van der Waals surface area contributed by atoms with E-state index in [1.807, 2.05) is 30.3 Å². The van der Waals surface area contributed by atoms with Gasteiger partial charge in [0.1, 0.15) is 12.7 Å². The Bertz CT molecular complexity index is 652. The summed E-state index contributed by atoms with van der Waals surface area (Å²) in [7, 11) is 0. The number of imidazole rings is 1. The van der Waals surface area contributed by atoms with Crippen LogP contribution in [0.5, 0.6) is 0 Å². The van der Waals surface area contributed by atoms with Crippen LogP contribution in [0, 0.1) is 10.1 Å². The smallest absolute Gasteiger partial charge is 0.343 e. The standard InChI is InChI=1S/C13H12BrN3O3/c14-11-4-2-1-3-10(11)5-6-12-15-9-13(17(19)20)16(12)7-8-18/h1-6,9,18H,7-8H2/b6-5+. The van der Waals surface area contributed by atoms with Gasteiger partial charge in [-0.1, -0.05) is 34.1 Å². The van der Waals surface area contributed by atoms with Gasteiger partial charge in [0.15, 0.2) is 0 Å². The first kappa shape index (κ1) is 14.4. The van der Waals surface area contributed by atoms with Crippen molar-refractivity contribution in [1.82, 2.24) is 9.55 Å². The zero-order valence-corrected chi connectivity index (χ0v) is 12.0. The molecule has 0 aliphatic carbocycles. The molecule has 6 nitrogen and oxygen atoms in total. The van der Waals surface area contributed by atoms with Gasteiger partial charge >= 0.3 is 5.82 Å². The first-order valence-corrected chi connectivity index (χ1v) is 6.66. The maximum absolute atomic E-state index is 10.9. The molecule has 2 rings (SSSR count). The van der Waals surface area contributed by atoms with Crippen molar-refractivity contribution in [3.63, 3.8) is 0 Å². The zero-order valence-electron chi connectivity index (χ0n) is 10.4. The summed E-state index contributed by atoms with van der Waals surface area (Å²) in [5.41, 5.74) is 0.939. The number of aromatic nitrogens is 2. The molecule has 0 aliphatic heterocycles. The lowest BCUT2D eigenvalue weighted by atomic mass is 10.2. The highest BCUT2D eigenvalue weighted by Crippen LogP contribution is 2.20. The molecule has 2 aromatic rings. The number of rotatable bonds is 5. The highest BCUT2D eigenvalue weighted by Gasteiger charge is 2.17. The normalized spacial score (nSPS) is 11.1. The third-order valence-electron chi connectivity index (χ3n) is 2.69. The van der Waals surface area contributed by atoms with Crippen molar-refractivity contribution in [1.29, 1.82) is 0 Å². The van der Waals surface area contributed by atoms with Gasteiger partial charge in [-0.2, -0.15) is 0 Å². The Morgan fingerprint density at radius 1 is 1.40 bits per heavy atom. The second-order valence-electron chi connectivity index (χ2n) is 3.96. The summed E-state index contributed by atoms with van der Waals surface area (Å²) >= 11 is 3.42. The Balaban J connectivity index is 2.34. The SMILES string of the molecule is O=[N+]([O-])c1cnc(/C=C/c2ccccc2Br)n1CCO. The van der Waals surface area contributed by atoms with Crippen molar-refractivity contribution in [2.75, 3.05) is 6.61 Å². The van der Waals surface area contributed by atoms with Crippen LogP contribution in [0.2, 0.25) is 0 Å². The summed E-state index contributed by atoms with van der Waals surface area (Å²) in [6.45, 7) is -0.0565. The molecule has 0 spiro atoms. The lowest BCUT2D eigenvalue weighted by Gasteiger charge is -2.00. The Hall–Kier alpha value is -1.99. The molecule has 20 heavy (non-hydrogen) atoms. The van der Waals surface area contributed by atoms with Crippen molar-refractivity contribution in [3.05, 3.63) is 56.4 Å². The van der Waals surface area contributed by atoms with Gasteiger partial charge in [-0.05, 0) is 22.6 Å². The Kier molecular flexibility index (Phi) is 4.65. The van der Waals surface area contributed by atoms with E-state index >= 15 is 0 Å². The third-order valence-corrected chi connectivity index (χ3v) is 3.42. The van der Waals surface area contributed by atoms with E-state index < -0.39 is 4.92 Å². The van der Waals surface area contributed by atoms with Gasteiger partial charge in [-0.25, -0.2) is 9.55 Å². The molecule has 0 atom stereocenters. The van der Waals surface area contributed by atoms with E-state index in [-0.39, 0.29) is 19.0 Å². The van der Waals surface area contributed by atoms with E-state index in [0.717, 1.165) is 10.0 Å². The summed E-state index contributed by atoms with van der Waals surface area (Å²) in [5, 5.41) is 19.9. The van der Waals surface area contributed by atoms with Crippen molar-refractivity contribution >= 4 is 33.9 Å². The Labute approximate surface area is 123 Å². The number of hydrogen-bond donors (Lipinski definition) is 1. The molecule has 0 radical (unpaired) electrons. The number of halogens is 1. The van der Waals surface area contributed by atoms with Gasteiger partial charge in [-0.3, -0.25) is 0 Å². The van der Waals surface area contributed by atoms with Crippen LogP contribution in [-0.4, -0.2) is 26.2 Å². The zero-order chi connectivity index (χ0) is 14.5. The number of nitro groups is 1. The van der Waals surface area contributed by atoms with Crippen LogP contribution in [0.25, 0.3) is 12.2 Å². The van der Waals surface area contributed by atoms with Gasteiger partial charge < -0.3 is 15.2 Å². The van der Waals surface area contributed by atoms with E-state index in [2.05, 4.69) is 20.9 Å². The third kappa shape index (κ3) is 3.12. The topological polar surface area (TPSA) is 81.2 Å². The van der Waals surface area contributed by atoms with Crippen LogP contribution in [0.3, 0.4) is 0 Å². The van der Waals surface area contributed by atoms with Gasteiger partial charge in [0.05, 0.1) is 6.61 Å². The summed E-state index contributed by atoms with van der Waals surface area (Å²) in [6.07, 6.45) is 4.68. The summed E-state index contributed by atoms with van der Waals surface area (Å²) in [4.78, 5) is 14.4. The predicted octanol–water partition coefficient (Wildman–Crippen LogP) is 2.72. The molecule has 1 aromatic carbocycles. The average molecular weight is 338 g/mol. The number of hydrogen-bond acceptors (Lipinski definition) is 4. The molecular weight excluding hydrogens is 326 g/mol. The highest BCUT2D eigenvalue weighted by molar-refractivity contribution is 9.10. The Morgan fingerprint density at radius 2 is 2.15 bits per heavy atom. The minimum atomic E-state index is -0.515. The molecule has 0 saturated heterocycles. The monoisotopic (exact) mass is 337 g/mol. The molecule has 104 valence electrons. The van der Waals surface area contributed by atoms with E-state index in [1.54, 1.807) is 6.08 Å². The minimum Gasteiger partial charge on any atom is -0.392 e. The van der Waals surface area contributed by atoms with E-state index in [0.29, 0.717) is 5.82 Å². The fourth-order valence-electron chi connectivity index (χ4n) is 1.76. The minimum absolute atomic E-state index is 0.131. The number of aliphatic hydroxyl groups excluding tert-OH is 1. The van der Waals surface area contributed by atoms with Crippen LogP contribution < -0.4 is 0 Å². The summed E-state index contributed by atoms with van der Waals surface area (Å²) in [5.74, 6) is 0.298. The van der Waals surface area contributed by atoms with Gasteiger partial charge in [0, 0.05) is 10.5 Å². The maximum atomic E-state index is 10.9. The molecule has 0 unspecified atom stereocenters. The summed E-state index contributed by atoms with van der Waals surface area (Å²) in [6, 6.07) is 7.61. The highest BCUT2D eigenvalue weighted by atomic mass is 79.9. The van der Waals surface area contributed by atoms with Crippen molar-refractivity contribution in [3.8, 4) is 0 Å². The van der Waals surface area contributed by atoms with Crippen LogP contribution in [0.1, 0.15) is 11.4 Å². The molecule has 0 amide bonds. The molecule has 0 fully saturated rings. The second-order valence-corrected chi connectivity index (χ2v) is 4.82. The molecule has 1 aromatic heterocycles. The number of nitrogens with zero attached hydrogens (tertiary/aromatic N) is 3. The molecule has 0 saturated carbocycles. The molecule has 0 aliphatic rings. The van der Waals surface area contributed by atoms with E-state index in [4.69, 9.17) is 5.11 Å². The molecule has 1 heterocycles. The van der Waals surface area contributed by atoms with Gasteiger partial charge in [0.25, 0.3) is 0 Å². The largest absolute Gasteiger partial charge is 0.392 e. The fraction of sp³-hybridized carbons (Fsp3) is 0.154. The molecule has 0 bridgehead atoms. The quantitative estimate of drug-likeness (QED) is 0.671. The van der Waals surface area contributed by atoms with Crippen LogP contribution in [0.15, 0.2) is 34.9 Å². The van der Waals surface area contributed by atoms with Gasteiger partial charge in [-0.15, -0.1) is 0 Å². The lowest BCUT2D eigenvalue weighted by molar-refractivity contribution is -0.392. The lowest BCUT2D eigenvalue weighted by Crippen LogP contribution is -2.07. The molecule has 7 heteroatoms. The first-order valence-electron chi connectivity index (χ1n) is 5.87.